The molecule has 0 fully saturated rings. The van der Waals surface area contributed by atoms with Gasteiger partial charge in [0, 0.05) is 35.0 Å². The van der Waals surface area contributed by atoms with E-state index in [0.717, 1.165) is 28.0 Å². The molecule has 122 valence electrons. The third kappa shape index (κ3) is 4.40. The van der Waals surface area contributed by atoms with E-state index in [0.29, 0.717) is 6.54 Å². The Hall–Kier alpha value is -2.24. The number of nitrogens with two attached hydrogens (primary N) is 1. The Labute approximate surface area is 150 Å². The molecule has 0 aliphatic heterocycles. The van der Waals surface area contributed by atoms with Crippen LogP contribution >= 0.6 is 15.9 Å². The van der Waals surface area contributed by atoms with Crippen molar-refractivity contribution in [2.24, 2.45) is 5.73 Å². The van der Waals surface area contributed by atoms with Gasteiger partial charge >= 0.3 is 0 Å². The van der Waals surface area contributed by atoms with Gasteiger partial charge in [0.15, 0.2) is 0 Å². The predicted octanol–water partition coefficient (Wildman–Crippen LogP) is 3.89. The van der Waals surface area contributed by atoms with Crippen molar-refractivity contribution in [2.45, 2.75) is 12.5 Å². The predicted molar refractivity (Wildman–Crippen MR) is 102 cm³/mol. The lowest BCUT2D eigenvalue weighted by atomic mass is 10.1. The number of hydrogen-bond donors (Lipinski definition) is 2. The minimum atomic E-state index is 0.0298. The number of halogens is 1. The van der Waals surface area contributed by atoms with Crippen molar-refractivity contribution in [1.82, 2.24) is 9.97 Å². The van der Waals surface area contributed by atoms with E-state index in [9.17, 15) is 0 Å². The first kappa shape index (κ1) is 16.6. The van der Waals surface area contributed by atoms with Crippen LogP contribution in [-0.4, -0.2) is 22.6 Å². The maximum atomic E-state index is 6.22. The number of rotatable bonds is 6. The zero-order valence-corrected chi connectivity index (χ0v) is 14.8. The smallest absolute Gasteiger partial charge is 0.126 e. The number of hydrogen-bond acceptors (Lipinski definition) is 4. The minimum Gasteiger partial charge on any atom is -0.368 e. The summed E-state index contributed by atoms with van der Waals surface area (Å²) in [4.78, 5) is 8.73. The Bertz CT molecular complexity index is 778. The average Bonchev–Trinajstić information content (AvgIpc) is 2.62. The number of nitrogens with zero attached hydrogens (tertiary/aromatic N) is 2. The normalized spacial score (nSPS) is 11.9. The molecule has 0 aliphatic carbocycles. The lowest BCUT2D eigenvalue weighted by Crippen LogP contribution is -2.31. The molecule has 4 nitrogen and oxygen atoms in total. The van der Waals surface area contributed by atoms with Crippen LogP contribution in [0.5, 0.6) is 0 Å². The second-order valence-corrected chi connectivity index (χ2v) is 6.45. The minimum absolute atomic E-state index is 0.0298. The van der Waals surface area contributed by atoms with Crippen LogP contribution in [0.25, 0.3) is 11.3 Å². The highest BCUT2D eigenvalue weighted by molar-refractivity contribution is 9.10. The number of pyridine rings is 2. The summed E-state index contributed by atoms with van der Waals surface area (Å²) in [6, 6.07) is 18.1. The van der Waals surface area contributed by atoms with Crippen molar-refractivity contribution in [3.8, 4) is 11.3 Å². The SMILES string of the molecule is NC(CNc1ccc(Br)c(-c2ccncc2)n1)Cc1ccccc1. The highest BCUT2D eigenvalue weighted by Crippen LogP contribution is 2.27. The molecular weight excluding hydrogens is 364 g/mol. The van der Waals surface area contributed by atoms with E-state index in [2.05, 4.69) is 43.3 Å². The quantitative estimate of drug-likeness (QED) is 0.678. The lowest BCUT2D eigenvalue weighted by molar-refractivity contribution is 0.698. The van der Waals surface area contributed by atoms with Gasteiger partial charge in [0.2, 0.25) is 0 Å². The van der Waals surface area contributed by atoms with E-state index < -0.39 is 0 Å². The molecule has 24 heavy (non-hydrogen) atoms. The van der Waals surface area contributed by atoms with Crippen molar-refractivity contribution < 1.29 is 0 Å². The molecule has 2 heterocycles. The molecule has 3 aromatic rings. The van der Waals surface area contributed by atoms with Crippen LogP contribution in [0.15, 0.2) is 71.5 Å². The fraction of sp³-hybridized carbons (Fsp3) is 0.158. The van der Waals surface area contributed by atoms with Gasteiger partial charge in [-0.15, -0.1) is 0 Å². The van der Waals surface area contributed by atoms with Crippen LogP contribution in [0.1, 0.15) is 5.56 Å². The summed E-state index contributed by atoms with van der Waals surface area (Å²) in [6.07, 6.45) is 4.36. The van der Waals surface area contributed by atoms with Crippen molar-refractivity contribution in [3.63, 3.8) is 0 Å². The number of benzene rings is 1. The second-order valence-electron chi connectivity index (χ2n) is 5.59. The lowest BCUT2D eigenvalue weighted by Gasteiger charge is -2.14. The maximum absolute atomic E-state index is 6.22. The van der Waals surface area contributed by atoms with Gasteiger partial charge in [-0.05, 0) is 52.2 Å². The summed E-state index contributed by atoms with van der Waals surface area (Å²) in [7, 11) is 0. The van der Waals surface area contributed by atoms with Gasteiger partial charge in [0.25, 0.3) is 0 Å². The largest absolute Gasteiger partial charge is 0.368 e. The number of nitrogens with one attached hydrogen (secondary N) is 1. The number of anilines is 1. The van der Waals surface area contributed by atoms with Crippen LogP contribution in [0.2, 0.25) is 0 Å². The van der Waals surface area contributed by atoms with Crippen LogP contribution < -0.4 is 11.1 Å². The van der Waals surface area contributed by atoms with Gasteiger partial charge in [-0.3, -0.25) is 4.98 Å². The van der Waals surface area contributed by atoms with Crippen LogP contribution in [0.4, 0.5) is 5.82 Å². The fourth-order valence-electron chi connectivity index (χ4n) is 2.48. The molecule has 3 rings (SSSR count). The van der Waals surface area contributed by atoms with E-state index >= 15 is 0 Å². The van der Waals surface area contributed by atoms with Crippen LogP contribution in [0.3, 0.4) is 0 Å². The summed E-state index contributed by atoms with van der Waals surface area (Å²) >= 11 is 3.56. The zero-order valence-electron chi connectivity index (χ0n) is 13.2. The molecule has 0 saturated carbocycles. The van der Waals surface area contributed by atoms with Crippen molar-refractivity contribution >= 4 is 21.7 Å². The van der Waals surface area contributed by atoms with Crippen molar-refractivity contribution in [3.05, 3.63) is 77.0 Å². The average molecular weight is 383 g/mol. The third-order valence-corrected chi connectivity index (χ3v) is 4.33. The van der Waals surface area contributed by atoms with Gasteiger partial charge in [0.05, 0.1) is 5.69 Å². The summed E-state index contributed by atoms with van der Waals surface area (Å²) in [5.74, 6) is 0.813. The fourth-order valence-corrected chi connectivity index (χ4v) is 2.93. The van der Waals surface area contributed by atoms with Gasteiger partial charge < -0.3 is 11.1 Å². The van der Waals surface area contributed by atoms with Crippen LogP contribution in [-0.2, 0) is 6.42 Å². The van der Waals surface area contributed by atoms with E-state index in [4.69, 9.17) is 5.73 Å². The molecule has 1 unspecified atom stereocenters. The standard InChI is InChI=1S/C19H19BrN4/c20-17-6-7-18(24-19(17)15-8-10-22-11-9-15)23-13-16(21)12-14-4-2-1-3-5-14/h1-11,16H,12-13,21H2,(H,23,24). The van der Waals surface area contributed by atoms with E-state index in [1.165, 1.54) is 5.56 Å². The monoisotopic (exact) mass is 382 g/mol. The van der Waals surface area contributed by atoms with Crippen LogP contribution in [0, 0.1) is 0 Å². The third-order valence-electron chi connectivity index (χ3n) is 3.69. The Morgan fingerprint density at radius 3 is 2.50 bits per heavy atom. The molecule has 0 amide bonds. The molecule has 0 saturated heterocycles. The molecule has 1 atom stereocenters. The highest BCUT2D eigenvalue weighted by Gasteiger charge is 2.08. The van der Waals surface area contributed by atoms with Crippen molar-refractivity contribution in [2.75, 3.05) is 11.9 Å². The first-order chi connectivity index (χ1) is 11.7. The van der Waals surface area contributed by atoms with E-state index in [1.54, 1.807) is 12.4 Å². The molecular formula is C19H19BrN4. The molecule has 1 aromatic carbocycles. The summed E-state index contributed by atoms with van der Waals surface area (Å²) in [5, 5.41) is 3.33. The molecule has 0 bridgehead atoms. The highest BCUT2D eigenvalue weighted by atomic mass is 79.9. The van der Waals surface area contributed by atoms with Gasteiger partial charge in [-0.1, -0.05) is 30.3 Å². The summed E-state index contributed by atoms with van der Waals surface area (Å²) in [6.45, 7) is 0.666. The van der Waals surface area contributed by atoms with E-state index in [1.807, 2.05) is 42.5 Å². The first-order valence-electron chi connectivity index (χ1n) is 7.82. The first-order valence-corrected chi connectivity index (χ1v) is 8.62. The maximum Gasteiger partial charge on any atom is 0.126 e. The molecule has 5 heteroatoms. The Morgan fingerprint density at radius 1 is 1.00 bits per heavy atom. The Kier molecular flexibility index (Phi) is 5.56. The Balaban J connectivity index is 1.65. The zero-order chi connectivity index (χ0) is 16.8. The second kappa shape index (κ2) is 8.04. The van der Waals surface area contributed by atoms with E-state index in [-0.39, 0.29) is 6.04 Å². The topological polar surface area (TPSA) is 63.8 Å². The summed E-state index contributed by atoms with van der Waals surface area (Å²) in [5.41, 5.74) is 9.38. The molecule has 2 aromatic heterocycles. The summed E-state index contributed by atoms with van der Waals surface area (Å²) < 4.78 is 0.952. The van der Waals surface area contributed by atoms with Gasteiger partial charge in [0.1, 0.15) is 5.82 Å². The molecule has 0 spiro atoms. The molecule has 0 radical (unpaired) electrons. The molecule has 3 N–H and O–H groups in total. The van der Waals surface area contributed by atoms with Gasteiger partial charge in [-0.2, -0.15) is 0 Å². The number of aromatic nitrogens is 2. The van der Waals surface area contributed by atoms with Crippen molar-refractivity contribution in [1.29, 1.82) is 0 Å². The van der Waals surface area contributed by atoms with Gasteiger partial charge in [-0.25, -0.2) is 4.98 Å². The molecule has 0 aliphatic rings. The Morgan fingerprint density at radius 2 is 1.75 bits per heavy atom.